The lowest BCUT2D eigenvalue weighted by molar-refractivity contribution is -0.124. The molecule has 1 fully saturated rings. The van der Waals surface area contributed by atoms with E-state index in [4.69, 9.17) is 4.74 Å². The summed E-state index contributed by atoms with van der Waals surface area (Å²) in [6.45, 7) is 1.29. The van der Waals surface area contributed by atoms with E-state index < -0.39 is 0 Å². The van der Waals surface area contributed by atoms with Crippen molar-refractivity contribution in [1.82, 2.24) is 5.32 Å². The van der Waals surface area contributed by atoms with E-state index in [1.54, 1.807) is 0 Å². The Morgan fingerprint density at radius 2 is 2.04 bits per heavy atom. The van der Waals surface area contributed by atoms with E-state index >= 15 is 0 Å². The molecule has 0 aromatic heterocycles. The van der Waals surface area contributed by atoms with Crippen molar-refractivity contribution in [1.29, 1.82) is 0 Å². The number of ether oxygens (including phenoxy) is 1. The van der Waals surface area contributed by atoms with E-state index in [9.17, 15) is 9.59 Å². The highest BCUT2D eigenvalue weighted by molar-refractivity contribution is 8.01. The number of benzene rings is 1. The lowest BCUT2D eigenvalue weighted by atomic mass is 9.98. The molecule has 2 aliphatic rings. The minimum Gasteiger partial charge on any atom is -0.378 e. The Labute approximate surface area is 153 Å². The van der Waals surface area contributed by atoms with Gasteiger partial charge in [0, 0.05) is 24.5 Å². The number of para-hydroxylation sites is 1. The Morgan fingerprint density at radius 1 is 1.24 bits per heavy atom. The number of fused-ring (bicyclic) bond motifs is 1. The molecule has 0 spiro atoms. The van der Waals surface area contributed by atoms with Gasteiger partial charge in [0.1, 0.15) is 0 Å². The van der Waals surface area contributed by atoms with Crippen LogP contribution in [0.15, 0.2) is 29.2 Å². The van der Waals surface area contributed by atoms with Crippen LogP contribution in [0.25, 0.3) is 0 Å². The van der Waals surface area contributed by atoms with Gasteiger partial charge < -0.3 is 15.4 Å². The van der Waals surface area contributed by atoms with Crippen LogP contribution in [-0.2, 0) is 14.3 Å². The number of carbonyl (C=O) groups is 2. The maximum atomic E-state index is 12.1. The van der Waals surface area contributed by atoms with Crippen LogP contribution in [0, 0.1) is 0 Å². The van der Waals surface area contributed by atoms with Crippen molar-refractivity contribution in [3.63, 3.8) is 0 Å². The third-order valence-corrected chi connectivity index (χ3v) is 5.90. The van der Waals surface area contributed by atoms with E-state index in [1.807, 2.05) is 24.3 Å². The summed E-state index contributed by atoms with van der Waals surface area (Å²) < 4.78 is 5.85. The zero-order valence-corrected chi connectivity index (χ0v) is 15.3. The van der Waals surface area contributed by atoms with Gasteiger partial charge >= 0.3 is 0 Å². The molecule has 2 N–H and O–H groups in total. The van der Waals surface area contributed by atoms with Gasteiger partial charge in [0.15, 0.2) is 0 Å². The van der Waals surface area contributed by atoms with Gasteiger partial charge in [-0.15, -0.1) is 11.8 Å². The molecule has 1 aliphatic heterocycles. The van der Waals surface area contributed by atoms with E-state index in [0.717, 1.165) is 17.0 Å². The zero-order chi connectivity index (χ0) is 17.5. The van der Waals surface area contributed by atoms with Crippen LogP contribution in [0.1, 0.15) is 44.9 Å². The van der Waals surface area contributed by atoms with Gasteiger partial charge in [-0.3, -0.25) is 9.59 Å². The van der Waals surface area contributed by atoms with Crippen LogP contribution in [0.5, 0.6) is 0 Å². The molecule has 5 nitrogen and oxygen atoms in total. The summed E-state index contributed by atoms with van der Waals surface area (Å²) in [5.74, 6) is -0.177. The predicted molar refractivity (Wildman–Crippen MR) is 99.8 cm³/mol. The fourth-order valence-electron chi connectivity index (χ4n) is 3.25. The van der Waals surface area contributed by atoms with Crippen LogP contribution < -0.4 is 10.6 Å². The molecule has 2 amide bonds. The Morgan fingerprint density at radius 3 is 2.88 bits per heavy atom. The van der Waals surface area contributed by atoms with Crippen molar-refractivity contribution in [3.8, 4) is 0 Å². The molecule has 1 aromatic rings. The van der Waals surface area contributed by atoms with Crippen molar-refractivity contribution >= 4 is 29.3 Å². The first-order chi connectivity index (χ1) is 12.2. The predicted octanol–water partition coefficient (Wildman–Crippen LogP) is 3.35. The average Bonchev–Trinajstić information content (AvgIpc) is 2.63. The number of hydrogen-bond donors (Lipinski definition) is 2. The van der Waals surface area contributed by atoms with E-state index in [2.05, 4.69) is 10.6 Å². The Bertz CT molecular complexity index is 602. The summed E-state index contributed by atoms with van der Waals surface area (Å²) in [6.07, 6.45) is 7.63. The Hall–Kier alpha value is -1.53. The SMILES string of the molecule is O=C(CC1Sc2ccccc2NC1=O)NCCCOC1CCCCC1. The number of rotatable bonds is 7. The molecule has 0 saturated heterocycles. The van der Waals surface area contributed by atoms with Crippen LogP contribution in [0.4, 0.5) is 5.69 Å². The lowest BCUT2D eigenvalue weighted by Crippen LogP contribution is -2.35. The summed E-state index contributed by atoms with van der Waals surface area (Å²) in [7, 11) is 0. The fourth-order valence-corrected chi connectivity index (χ4v) is 4.36. The van der Waals surface area contributed by atoms with Gasteiger partial charge in [0.2, 0.25) is 11.8 Å². The number of hydrogen-bond acceptors (Lipinski definition) is 4. The molecule has 1 saturated carbocycles. The van der Waals surface area contributed by atoms with Crippen molar-refractivity contribution < 1.29 is 14.3 Å². The molecule has 1 atom stereocenters. The molecule has 1 heterocycles. The molecule has 6 heteroatoms. The fraction of sp³-hybridized carbons (Fsp3) is 0.579. The molecule has 0 radical (unpaired) electrons. The maximum Gasteiger partial charge on any atom is 0.238 e. The average molecular weight is 362 g/mol. The molecule has 3 rings (SSSR count). The minimum absolute atomic E-state index is 0.0790. The number of thioether (sulfide) groups is 1. The number of nitrogens with one attached hydrogen (secondary N) is 2. The quantitative estimate of drug-likeness (QED) is 0.730. The van der Waals surface area contributed by atoms with Crippen molar-refractivity contribution in [2.45, 2.75) is 61.2 Å². The molecule has 0 bridgehead atoms. The Kier molecular flexibility index (Phi) is 6.76. The van der Waals surface area contributed by atoms with Gasteiger partial charge in [-0.25, -0.2) is 0 Å². The second-order valence-electron chi connectivity index (χ2n) is 6.63. The molecule has 1 aliphatic carbocycles. The molecule has 25 heavy (non-hydrogen) atoms. The van der Waals surface area contributed by atoms with Crippen LogP contribution in [0.2, 0.25) is 0 Å². The highest BCUT2D eigenvalue weighted by Crippen LogP contribution is 2.36. The van der Waals surface area contributed by atoms with E-state index in [1.165, 1.54) is 43.9 Å². The molecule has 1 aromatic carbocycles. The van der Waals surface area contributed by atoms with E-state index in [0.29, 0.717) is 19.3 Å². The first-order valence-corrected chi connectivity index (χ1v) is 10.0. The second-order valence-corrected chi connectivity index (χ2v) is 7.87. The van der Waals surface area contributed by atoms with E-state index in [-0.39, 0.29) is 23.5 Å². The van der Waals surface area contributed by atoms with Crippen LogP contribution >= 0.6 is 11.8 Å². The highest BCUT2D eigenvalue weighted by atomic mass is 32.2. The summed E-state index contributed by atoms with van der Waals surface area (Å²) in [6, 6.07) is 7.67. The normalized spacial score (nSPS) is 20.6. The van der Waals surface area contributed by atoms with Gasteiger partial charge in [-0.05, 0) is 31.4 Å². The third kappa shape index (κ3) is 5.47. The molecule has 136 valence electrons. The summed E-state index contributed by atoms with van der Waals surface area (Å²) in [5.41, 5.74) is 0.828. The topological polar surface area (TPSA) is 67.4 Å². The van der Waals surface area contributed by atoms with Crippen molar-refractivity contribution in [2.75, 3.05) is 18.5 Å². The second kappa shape index (κ2) is 9.25. The van der Waals surface area contributed by atoms with Gasteiger partial charge in [-0.2, -0.15) is 0 Å². The molecular weight excluding hydrogens is 336 g/mol. The molecular formula is C19H26N2O3S. The molecule has 1 unspecified atom stereocenters. The Balaban J connectivity index is 1.33. The highest BCUT2D eigenvalue weighted by Gasteiger charge is 2.28. The van der Waals surface area contributed by atoms with Crippen molar-refractivity contribution in [3.05, 3.63) is 24.3 Å². The minimum atomic E-state index is -0.367. The zero-order valence-electron chi connectivity index (χ0n) is 14.5. The third-order valence-electron chi connectivity index (χ3n) is 4.63. The first kappa shape index (κ1) is 18.3. The number of anilines is 1. The smallest absolute Gasteiger partial charge is 0.238 e. The first-order valence-electron chi connectivity index (χ1n) is 9.17. The van der Waals surface area contributed by atoms with Gasteiger partial charge in [0.05, 0.1) is 17.0 Å². The monoisotopic (exact) mass is 362 g/mol. The van der Waals surface area contributed by atoms with Crippen LogP contribution in [-0.4, -0.2) is 36.3 Å². The largest absolute Gasteiger partial charge is 0.378 e. The lowest BCUT2D eigenvalue weighted by Gasteiger charge is -2.23. The number of carbonyl (C=O) groups excluding carboxylic acids is 2. The maximum absolute atomic E-state index is 12.1. The summed E-state index contributed by atoms with van der Waals surface area (Å²) in [4.78, 5) is 25.2. The van der Waals surface area contributed by atoms with Gasteiger partial charge in [-0.1, -0.05) is 31.4 Å². The number of amides is 2. The van der Waals surface area contributed by atoms with Crippen LogP contribution in [0.3, 0.4) is 0 Å². The van der Waals surface area contributed by atoms with Crippen molar-refractivity contribution in [2.24, 2.45) is 0 Å². The van der Waals surface area contributed by atoms with Gasteiger partial charge in [0.25, 0.3) is 0 Å². The summed E-state index contributed by atoms with van der Waals surface area (Å²) in [5, 5.41) is 5.40. The standard InChI is InChI=1S/C19H26N2O3S/c22-18(20-11-6-12-24-14-7-2-1-3-8-14)13-17-19(23)21-15-9-4-5-10-16(15)25-17/h4-5,9-10,14,17H,1-3,6-8,11-13H2,(H,20,22)(H,21,23). The summed E-state index contributed by atoms with van der Waals surface area (Å²) >= 11 is 1.46.